The maximum absolute atomic E-state index is 12.7. The molecular formula is C36H28N4O10. The molecule has 0 saturated heterocycles. The van der Waals surface area contributed by atoms with Crippen LogP contribution in [0, 0.1) is 13.8 Å². The van der Waals surface area contributed by atoms with E-state index in [4.69, 9.17) is 0 Å². The quantitative estimate of drug-likeness (QED) is 0.203. The van der Waals surface area contributed by atoms with Crippen LogP contribution in [0.3, 0.4) is 0 Å². The lowest BCUT2D eigenvalue weighted by Gasteiger charge is -2.12. The molecule has 6 rings (SSSR count). The van der Waals surface area contributed by atoms with Crippen LogP contribution in [0.25, 0.3) is 27.2 Å². The largest absolute Gasteiger partial charge is 0.478 e. The summed E-state index contributed by atoms with van der Waals surface area (Å²) in [5.74, 6) is -4.47. The smallest absolute Gasteiger partial charge is 0.336 e. The van der Waals surface area contributed by atoms with Crippen LogP contribution in [-0.4, -0.2) is 50.1 Å². The topological polar surface area (TPSA) is 211 Å². The highest BCUT2D eigenvalue weighted by Gasteiger charge is 2.25. The number of aromatic carboxylic acids is 2. The highest BCUT2D eigenvalue weighted by Crippen LogP contribution is 2.21. The molecule has 0 aliphatic carbocycles. The van der Waals surface area contributed by atoms with E-state index in [0.717, 1.165) is 32.4 Å². The number of aryl methyl sites for hydroxylation is 2. The van der Waals surface area contributed by atoms with E-state index >= 15 is 0 Å². The van der Waals surface area contributed by atoms with Crippen molar-refractivity contribution in [2.45, 2.75) is 13.8 Å². The maximum atomic E-state index is 12.7. The first-order chi connectivity index (χ1) is 23.6. The first-order valence-electron chi connectivity index (χ1n) is 14.8. The number of hydrogen-bond donors (Lipinski definition) is 4. The van der Waals surface area contributed by atoms with Crippen molar-refractivity contribution in [2.75, 3.05) is 12.4 Å². The molecule has 2 amide bonds. The number of anilines is 1. The van der Waals surface area contributed by atoms with Gasteiger partial charge in [-0.3, -0.25) is 33.3 Å². The third kappa shape index (κ3) is 6.20. The predicted octanol–water partition coefficient (Wildman–Crippen LogP) is 2.75. The fraction of sp³-hybridized carbons (Fsp3) is 0.111. The number of carbonyl (C=O) groups is 4. The Morgan fingerprint density at radius 2 is 0.960 bits per heavy atom. The standard InChI is InChI=1S/C18H16N2O6.C18H12N2O4/c1-9-3-5-10(6-4-9)20-16(22)12-7-11(15(21)19-2)13(17(23)24)8-14(12)18(25)26;1-9-3-5-10(6-4-9)20-17(23)13-7-11-12(8-14(13)18(20)24)16(22)19(2)15(11)21/h3-8H,1-2H3,(H,19,21)(H,20,22)(H,23,24)(H,25,26);3-8H,1-2H3. The van der Waals surface area contributed by atoms with Gasteiger partial charge in [-0.05, 0) is 62.4 Å². The number of fused-ring (bicyclic) bond motifs is 2. The Labute approximate surface area is 281 Å². The summed E-state index contributed by atoms with van der Waals surface area (Å²) in [5, 5.41) is 24.0. The molecule has 0 atom stereocenters. The fourth-order valence-corrected chi connectivity index (χ4v) is 5.32. The van der Waals surface area contributed by atoms with Crippen molar-refractivity contribution >= 4 is 51.0 Å². The number of amides is 2. The minimum absolute atomic E-state index is 0.149. The predicted molar refractivity (Wildman–Crippen MR) is 185 cm³/mol. The number of carboxylic acids is 2. The fourth-order valence-electron chi connectivity index (χ4n) is 5.32. The lowest BCUT2D eigenvalue weighted by Crippen LogP contribution is -2.24. The van der Waals surface area contributed by atoms with Crippen LogP contribution in [-0.2, 0) is 7.05 Å². The van der Waals surface area contributed by atoms with Gasteiger partial charge in [0.2, 0.25) is 0 Å². The second kappa shape index (κ2) is 13.3. The lowest BCUT2D eigenvalue weighted by molar-refractivity contribution is 0.0689. The SMILES string of the molecule is CNC(=O)c1cc(C(=O)Nc2ccc(C)cc2)c(C(=O)O)cc1C(=O)O.Cc1ccc(-n2c(=O)c3cc4c(=O)n(C)c(=O)c4cc3c2=O)cc1. The van der Waals surface area contributed by atoms with Crippen molar-refractivity contribution in [3.05, 3.63) is 148 Å². The second-order valence-corrected chi connectivity index (χ2v) is 11.3. The number of carbonyl (C=O) groups excluding carboxylic acids is 2. The van der Waals surface area contributed by atoms with Crippen molar-refractivity contribution in [1.29, 1.82) is 0 Å². The lowest BCUT2D eigenvalue weighted by atomic mass is 9.97. The molecule has 4 N–H and O–H groups in total. The Bertz CT molecular complexity index is 2510. The zero-order chi connectivity index (χ0) is 36.6. The van der Waals surface area contributed by atoms with Crippen molar-refractivity contribution in [3.63, 3.8) is 0 Å². The second-order valence-electron chi connectivity index (χ2n) is 11.3. The van der Waals surface area contributed by atoms with Gasteiger partial charge in [-0.15, -0.1) is 0 Å². The van der Waals surface area contributed by atoms with Crippen molar-refractivity contribution in [1.82, 2.24) is 14.5 Å². The Morgan fingerprint density at radius 1 is 0.560 bits per heavy atom. The number of benzene rings is 4. The van der Waals surface area contributed by atoms with Gasteiger partial charge in [0.1, 0.15) is 0 Å². The third-order valence-corrected chi connectivity index (χ3v) is 8.03. The van der Waals surface area contributed by atoms with Crippen LogP contribution in [0.4, 0.5) is 5.69 Å². The van der Waals surface area contributed by atoms with E-state index in [1.54, 1.807) is 48.5 Å². The van der Waals surface area contributed by atoms with Gasteiger partial charge in [-0.25, -0.2) is 14.2 Å². The van der Waals surface area contributed by atoms with Gasteiger partial charge >= 0.3 is 11.9 Å². The molecule has 2 heterocycles. The van der Waals surface area contributed by atoms with E-state index < -0.39 is 57.1 Å². The van der Waals surface area contributed by atoms with Crippen LogP contribution in [0.15, 0.2) is 92.0 Å². The molecule has 0 aliphatic heterocycles. The molecular weight excluding hydrogens is 648 g/mol. The molecule has 2 aromatic heterocycles. The molecule has 0 fully saturated rings. The van der Waals surface area contributed by atoms with E-state index in [1.807, 2.05) is 13.8 Å². The van der Waals surface area contributed by atoms with Crippen molar-refractivity contribution < 1.29 is 29.4 Å². The molecule has 0 aliphatic rings. The summed E-state index contributed by atoms with van der Waals surface area (Å²) in [4.78, 5) is 96.7. The number of hydrogen-bond acceptors (Lipinski definition) is 8. The first kappa shape index (κ1) is 34.4. The van der Waals surface area contributed by atoms with Gasteiger partial charge in [0.05, 0.1) is 49.5 Å². The van der Waals surface area contributed by atoms with Gasteiger partial charge in [-0.2, -0.15) is 0 Å². The van der Waals surface area contributed by atoms with Crippen LogP contribution < -0.4 is 32.9 Å². The van der Waals surface area contributed by atoms with Gasteiger partial charge < -0.3 is 20.8 Å². The van der Waals surface area contributed by atoms with Gasteiger partial charge in [0.25, 0.3) is 34.1 Å². The Hall–Kier alpha value is -6.96. The Balaban J connectivity index is 0.000000195. The number of nitrogens with one attached hydrogen (secondary N) is 2. The van der Waals surface area contributed by atoms with E-state index in [0.29, 0.717) is 11.4 Å². The monoisotopic (exact) mass is 676 g/mol. The van der Waals surface area contributed by atoms with Crippen LogP contribution in [0.5, 0.6) is 0 Å². The van der Waals surface area contributed by atoms with E-state index in [1.165, 1.54) is 26.2 Å². The normalized spacial score (nSPS) is 10.8. The summed E-state index contributed by atoms with van der Waals surface area (Å²) in [6.07, 6.45) is 0. The third-order valence-electron chi connectivity index (χ3n) is 8.03. The molecule has 0 saturated carbocycles. The number of aromatic nitrogens is 2. The van der Waals surface area contributed by atoms with E-state index in [9.17, 15) is 48.6 Å². The van der Waals surface area contributed by atoms with Crippen LogP contribution >= 0.6 is 0 Å². The molecule has 0 spiro atoms. The summed E-state index contributed by atoms with van der Waals surface area (Å²) in [7, 11) is 2.67. The molecule has 252 valence electrons. The minimum Gasteiger partial charge on any atom is -0.478 e. The Morgan fingerprint density at radius 3 is 1.40 bits per heavy atom. The average Bonchev–Trinajstić information content (AvgIpc) is 3.47. The van der Waals surface area contributed by atoms with Crippen molar-refractivity contribution in [2.24, 2.45) is 7.05 Å². The summed E-state index contributed by atoms with van der Waals surface area (Å²) < 4.78 is 2.05. The molecule has 50 heavy (non-hydrogen) atoms. The van der Waals surface area contributed by atoms with E-state index in [2.05, 4.69) is 10.6 Å². The first-order valence-corrected chi connectivity index (χ1v) is 14.8. The van der Waals surface area contributed by atoms with Crippen molar-refractivity contribution in [3.8, 4) is 5.69 Å². The molecule has 0 bridgehead atoms. The summed E-state index contributed by atoms with van der Waals surface area (Å²) in [5.41, 5.74) is -0.682. The molecule has 0 unspecified atom stereocenters. The number of nitrogens with zero attached hydrogens (tertiary/aromatic N) is 2. The maximum Gasteiger partial charge on any atom is 0.336 e. The highest BCUT2D eigenvalue weighted by molar-refractivity contribution is 6.14. The number of carboxylic acid groups (broad SMARTS) is 2. The van der Waals surface area contributed by atoms with Gasteiger partial charge in [-0.1, -0.05) is 35.4 Å². The van der Waals surface area contributed by atoms with Gasteiger partial charge in [0, 0.05) is 19.8 Å². The molecule has 0 radical (unpaired) electrons. The minimum atomic E-state index is -1.48. The summed E-state index contributed by atoms with van der Waals surface area (Å²) in [6.45, 7) is 3.78. The zero-order valence-corrected chi connectivity index (χ0v) is 27.0. The molecule has 6 aromatic rings. The zero-order valence-electron chi connectivity index (χ0n) is 27.0. The summed E-state index contributed by atoms with van der Waals surface area (Å²) >= 11 is 0. The average molecular weight is 677 g/mol. The summed E-state index contributed by atoms with van der Waals surface area (Å²) in [6, 6.07) is 18.3. The molecule has 4 aromatic carbocycles. The van der Waals surface area contributed by atoms with Crippen LogP contribution in [0.2, 0.25) is 0 Å². The van der Waals surface area contributed by atoms with Crippen LogP contribution in [0.1, 0.15) is 52.6 Å². The van der Waals surface area contributed by atoms with E-state index in [-0.39, 0.29) is 32.7 Å². The molecule has 14 nitrogen and oxygen atoms in total. The highest BCUT2D eigenvalue weighted by atomic mass is 16.4. The number of rotatable bonds is 6. The molecule has 14 heteroatoms. The Kier molecular flexibility index (Phi) is 9.13. The van der Waals surface area contributed by atoms with Gasteiger partial charge in [0.15, 0.2) is 0 Å².